The fraction of sp³-hybridized carbons (Fsp3) is 0.600. The third-order valence-corrected chi connectivity index (χ3v) is 4.98. The number of carbonyl (C=O) groups is 1. The van der Waals surface area contributed by atoms with Crippen LogP contribution in [0.1, 0.15) is 24.0 Å². The van der Waals surface area contributed by atoms with Gasteiger partial charge in [-0.15, -0.1) is 24.0 Å². The number of likely N-dealkylation sites (N-methyl/N-ethyl adjacent to an activating group) is 1. The topological polar surface area (TPSA) is 78.0 Å². The predicted octanol–water partition coefficient (Wildman–Crippen LogP) is 1.54. The number of amides is 1. The Morgan fingerprint density at radius 1 is 1.32 bits per heavy atom. The zero-order valence-corrected chi connectivity index (χ0v) is 19.7. The average Bonchev–Trinajstić information content (AvgIpc) is 2.69. The minimum absolute atomic E-state index is 0. The van der Waals surface area contributed by atoms with Crippen LogP contribution in [0.3, 0.4) is 0 Å². The van der Waals surface area contributed by atoms with Crippen molar-refractivity contribution in [2.75, 3.05) is 47.4 Å². The van der Waals surface area contributed by atoms with Gasteiger partial charge < -0.3 is 20.7 Å². The molecule has 0 bridgehead atoms. The lowest BCUT2D eigenvalue weighted by Crippen LogP contribution is -2.50. The third kappa shape index (κ3) is 7.83. The first-order valence-corrected chi connectivity index (χ1v) is 9.59. The number of nitrogens with zero attached hydrogens (tertiary/aromatic N) is 2. The largest absolute Gasteiger partial charge is 0.496 e. The van der Waals surface area contributed by atoms with E-state index < -0.39 is 0 Å². The maximum atomic E-state index is 11.5. The molecule has 1 amide bonds. The molecule has 0 aromatic heterocycles. The summed E-state index contributed by atoms with van der Waals surface area (Å²) in [5.41, 5.74) is 2.39. The van der Waals surface area contributed by atoms with E-state index in [1.807, 2.05) is 6.92 Å². The number of methoxy groups -OCH3 is 1. The highest BCUT2D eigenvalue weighted by atomic mass is 127. The molecule has 0 saturated carbocycles. The Morgan fingerprint density at radius 2 is 2.04 bits per heavy atom. The first-order valence-electron chi connectivity index (χ1n) is 9.59. The van der Waals surface area contributed by atoms with Gasteiger partial charge in [0.25, 0.3) is 0 Å². The van der Waals surface area contributed by atoms with Gasteiger partial charge in [0.1, 0.15) is 5.75 Å². The molecular formula is C20H34IN5O2. The summed E-state index contributed by atoms with van der Waals surface area (Å²) in [5, 5.41) is 9.57. The summed E-state index contributed by atoms with van der Waals surface area (Å²) in [5.74, 6) is 1.84. The fourth-order valence-corrected chi connectivity index (χ4v) is 3.25. The van der Waals surface area contributed by atoms with Crippen LogP contribution >= 0.6 is 24.0 Å². The first-order chi connectivity index (χ1) is 13.0. The second-order valence-corrected chi connectivity index (χ2v) is 6.92. The van der Waals surface area contributed by atoms with Gasteiger partial charge in [-0.1, -0.05) is 12.1 Å². The first kappa shape index (κ1) is 24.5. The third-order valence-electron chi connectivity index (χ3n) is 4.98. The Labute approximate surface area is 185 Å². The molecule has 2 rings (SSSR count). The van der Waals surface area contributed by atoms with Gasteiger partial charge in [0.15, 0.2) is 5.96 Å². The predicted molar refractivity (Wildman–Crippen MR) is 125 cm³/mol. The normalized spacial score (nSPS) is 15.5. The lowest BCUT2D eigenvalue weighted by Gasteiger charge is -2.32. The Balaban J connectivity index is 0.00000392. The van der Waals surface area contributed by atoms with E-state index >= 15 is 0 Å². The molecule has 1 fully saturated rings. The number of likely N-dealkylation sites (tertiary alicyclic amines) is 1. The minimum Gasteiger partial charge on any atom is -0.496 e. The minimum atomic E-state index is 0. The fourth-order valence-electron chi connectivity index (χ4n) is 3.25. The maximum Gasteiger partial charge on any atom is 0.233 e. The molecule has 1 aliphatic rings. The van der Waals surface area contributed by atoms with Gasteiger partial charge in [0.2, 0.25) is 5.91 Å². The molecule has 0 radical (unpaired) electrons. The molecule has 3 N–H and O–H groups in total. The van der Waals surface area contributed by atoms with Crippen molar-refractivity contribution < 1.29 is 9.53 Å². The summed E-state index contributed by atoms with van der Waals surface area (Å²) in [6, 6.07) is 6.71. The standard InChI is InChI=1S/C20H33N5O2.HI/c1-15-5-6-16(13-18(15)27-4)7-10-23-20(22-3)24-17-8-11-25(12-9-17)14-19(26)21-2;/h5-6,13,17H,7-12,14H2,1-4H3,(H,21,26)(H2,22,23,24);1H. The summed E-state index contributed by atoms with van der Waals surface area (Å²) in [4.78, 5) is 18.0. The molecule has 8 heteroatoms. The van der Waals surface area contributed by atoms with Crippen LogP contribution in [0.15, 0.2) is 23.2 Å². The highest BCUT2D eigenvalue weighted by Crippen LogP contribution is 2.19. The number of hydrogen-bond acceptors (Lipinski definition) is 4. The van der Waals surface area contributed by atoms with Gasteiger partial charge in [-0.3, -0.25) is 14.7 Å². The molecule has 1 aromatic rings. The second kappa shape index (κ2) is 12.8. The smallest absolute Gasteiger partial charge is 0.233 e. The summed E-state index contributed by atoms with van der Waals surface area (Å²) in [6.07, 6.45) is 2.92. The zero-order valence-electron chi connectivity index (χ0n) is 17.4. The molecule has 1 heterocycles. The van der Waals surface area contributed by atoms with Gasteiger partial charge >= 0.3 is 0 Å². The Hall–Kier alpha value is -1.55. The number of rotatable bonds is 7. The van der Waals surface area contributed by atoms with Crippen LogP contribution in [0.4, 0.5) is 0 Å². The van der Waals surface area contributed by atoms with Crippen molar-refractivity contribution in [3.63, 3.8) is 0 Å². The van der Waals surface area contributed by atoms with Gasteiger partial charge in [0, 0.05) is 39.8 Å². The molecule has 7 nitrogen and oxygen atoms in total. The summed E-state index contributed by atoms with van der Waals surface area (Å²) in [6.45, 7) is 5.18. The van der Waals surface area contributed by atoms with Gasteiger partial charge in [-0.05, 0) is 43.4 Å². The van der Waals surface area contributed by atoms with Crippen molar-refractivity contribution in [3.05, 3.63) is 29.3 Å². The number of benzene rings is 1. The van der Waals surface area contributed by atoms with Crippen LogP contribution in [-0.4, -0.2) is 70.2 Å². The van der Waals surface area contributed by atoms with Crippen molar-refractivity contribution in [1.82, 2.24) is 20.9 Å². The molecule has 158 valence electrons. The van der Waals surface area contributed by atoms with E-state index in [0.29, 0.717) is 12.6 Å². The molecule has 0 atom stereocenters. The molecular weight excluding hydrogens is 469 g/mol. The highest BCUT2D eigenvalue weighted by Gasteiger charge is 2.21. The Bertz CT molecular complexity index is 645. The van der Waals surface area contributed by atoms with Gasteiger partial charge in [0.05, 0.1) is 13.7 Å². The highest BCUT2D eigenvalue weighted by molar-refractivity contribution is 14.0. The van der Waals surface area contributed by atoms with Gasteiger partial charge in [-0.2, -0.15) is 0 Å². The Kier molecular flexibility index (Phi) is 11.2. The van der Waals surface area contributed by atoms with E-state index in [0.717, 1.165) is 56.2 Å². The number of hydrogen-bond donors (Lipinski definition) is 3. The van der Waals surface area contributed by atoms with Crippen molar-refractivity contribution in [2.24, 2.45) is 4.99 Å². The quantitative estimate of drug-likeness (QED) is 0.299. The number of halogens is 1. The van der Waals surface area contributed by atoms with E-state index in [1.165, 1.54) is 5.56 Å². The Morgan fingerprint density at radius 3 is 2.64 bits per heavy atom. The molecule has 0 unspecified atom stereocenters. The number of piperidine rings is 1. The van der Waals surface area contributed by atoms with E-state index in [9.17, 15) is 4.79 Å². The SMILES string of the molecule is CN=C(NCCc1ccc(C)c(OC)c1)NC1CCN(CC(=O)NC)CC1.I. The molecule has 1 aliphatic heterocycles. The zero-order chi connectivity index (χ0) is 19.6. The van der Waals surface area contributed by atoms with Crippen molar-refractivity contribution in [3.8, 4) is 5.75 Å². The van der Waals surface area contributed by atoms with Crippen molar-refractivity contribution >= 4 is 35.8 Å². The lowest BCUT2D eigenvalue weighted by molar-refractivity contribution is -0.122. The van der Waals surface area contributed by atoms with E-state index in [2.05, 4.69) is 44.0 Å². The number of guanidine groups is 1. The van der Waals surface area contributed by atoms with Crippen molar-refractivity contribution in [1.29, 1.82) is 0 Å². The number of aliphatic imine (C=N–C) groups is 1. The van der Waals surface area contributed by atoms with Gasteiger partial charge in [-0.25, -0.2) is 0 Å². The van der Waals surface area contributed by atoms with Crippen LogP contribution in [0.2, 0.25) is 0 Å². The number of carbonyl (C=O) groups excluding carboxylic acids is 1. The summed E-state index contributed by atoms with van der Waals surface area (Å²) >= 11 is 0. The van der Waals surface area contributed by atoms with Crippen LogP contribution in [0, 0.1) is 6.92 Å². The maximum absolute atomic E-state index is 11.5. The van der Waals surface area contributed by atoms with E-state index in [1.54, 1.807) is 21.2 Å². The monoisotopic (exact) mass is 503 g/mol. The molecule has 28 heavy (non-hydrogen) atoms. The number of ether oxygens (including phenoxy) is 1. The second-order valence-electron chi connectivity index (χ2n) is 6.92. The van der Waals surface area contributed by atoms with Crippen LogP contribution in [-0.2, 0) is 11.2 Å². The molecule has 0 aliphatic carbocycles. The van der Waals surface area contributed by atoms with Crippen LogP contribution in [0.5, 0.6) is 5.75 Å². The van der Waals surface area contributed by atoms with Crippen molar-refractivity contribution in [2.45, 2.75) is 32.2 Å². The summed E-state index contributed by atoms with van der Waals surface area (Å²) < 4.78 is 5.39. The molecule has 0 spiro atoms. The summed E-state index contributed by atoms with van der Waals surface area (Å²) in [7, 11) is 5.18. The van der Waals surface area contributed by atoms with Crippen LogP contribution < -0.4 is 20.7 Å². The van der Waals surface area contributed by atoms with E-state index in [4.69, 9.17) is 4.74 Å². The number of aryl methyl sites for hydroxylation is 1. The van der Waals surface area contributed by atoms with Crippen LogP contribution in [0.25, 0.3) is 0 Å². The molecule has 1 saturated heterocycles. The average molecular weight is 503 g/mol. The lowest BCUT2D eigenvalue weighted by atomic mass is 10.1. The molecule has 1 aromatic carbocycles. The van der Waals surface area contributed by atoms with E-state index in [-0.39, 0.29) is 29.9 Å². The number of nitrogens with one attached hydrogen (secondary N) is 3.